The minimum atomic E-state index is -1.18. The van der Waals surface area contributed by atoms with Crippen LogP contribution in [0.5, 0.6) is 0 Å². The summed E-state index contributed by atoms with van der Waals surface area (Å²) in [4.78, 5) is 26.0. The van der Waals surface area contributed by atoms with E-state index in [2.05, 4.69) is 10.3 Å². The number of nitrogens with one attached hydrogen (secondary N) is 1. The third-order valence-corrected chi connectivity index (χ3v) is 2.66. The number of anilines is 1. The minimum absolute atomic E-state index is 0.481. The number of halogens is 1. The van der Waals surface area contributed by atoms with Crippen LogP contribution in [0.25, 0.3) is 10.9 Å². The second kappa shape index (κ2) is 5.49. The lowest BCUT2D eigenvalue weighted by Crippen LogP contribution is -2.09. The van der Waals surface area contributed by atoms with E-state index in [4.69, 9.17) is 16.7 Å². The van der Waals surface area contributed by atoms with Gasteiger partial charge in [0, 0.05) is 23.7 Å². The van der Waals surface area contributed by atoms with Crippen LogP contribution in [0, 0.1) is 0 Å². The lowest BCUT2D eigenvalue weighted by atomic mass is 10.2. The van der Waals surface area contributed by atoms with Crippen LogP contribution >= 0.6 is 11.6 Å². The largest absolute Gasteiger partial charge is 0.478 e. The van der Waals surface area contributed by atoms with E-state index < -0.39 is 11.9 Å². The Balaban J connectivity index is 2.34. The molecule has 0 aliphatic heterocycles. The number of carbonyl (C=O) groups is 2. The van der Waals surface area contributed by atoms with E-state index in [1.165, 1.54) is 0 Å². The van der Waals surface area contributed by atoms with Gasteiger partial charge in [-0.2, -0.15) is 0 Å². The number of benzene rings is 1. The molecule has 1 aromatic carbocycles. The molecule has 6 heteroatoms. The first-order valence-electron chi connectivity index (χ1n) is 5.33. The topological polar surface area (TPSA) is 79.3 Å². The fourth-order valence-corrected chi connectivity index (χ4v) is 1.78. The van der Waals surface area contributed by atoms with Crippen LogP contribution in [0.4, 0.5) is 5.69 Å². The van der Waals surface area contributed by atoms with E-state index in [0.717, 1.165) is 12.2 Å². The number of fused-ring (bicyclic) bond motifs is 1. The lowest BCUT2D eigenvalue weighted by molar-refractivity contribution is -0.131. The zero-order chi connectivity index (χ0) is 13.8. The van der Waals surface area contributed by atoms with Crippen LogP contribution in [0.3, 0.4) is 0 Å². The lowest BCUT2D eigenvalue weighted by Gasteiger charge is -2.07. The van der Waals surface area contributed by atoms with Gasteiger partial charge in [0.2, 0.25) is 5.91 Å². The molecule has 19 heavy (non-hydrogen) atoms. The molecule has 1 amide bonds. The van der Waals surface area contributed by atoms with Crippen molar-refractivity contribution in [3.05, 3.63) is 47.6 Å². The van der Waals surface area contributed by atoms with E-state index in [1.807, 2.05) is 0 Å². The number of rotatable bonds is 3. The molecule has 0 saturated heterocycles. The quantitative estimate of drug-likeness (QED) is 0.844. The molecule has 96 valence electrons. The normalized spacial score (nSPS) is 10.8. The van der Waals surface area contributed by atoms with E-state index in [1.54, 1.807) is 30.5 Å². The van der Waals surface area contributed by atoms with Gasteiger partial charge in [0.05, 0.1) is 16.2 Å². The van der Waals surface area contributed by atoms with Crippen LogP contribution < -0.4 is 5.32 Å². The monoisotopic (exact) mass is 276 g/mol. The molecule has 0 atom stereocenters. The molecule has 2 aromatic rings. The maximum absolute atomic E-state index is 11.5. The van der Waals surface area contributed by atoms with Gasteiger partial charge in [0.15, 0.2) is 0 Å². The number of aliphatic carboxylic acids is 1. The highest BCUT2D eigenvalue weighted by molar-refractivity contribution is 6.35. The number of aromatic nitrogens is 1. The maximum atomic E-state index is 11.5. The van der Waals surface area contributed by atoms with Gasteiger partial charge in [-0.1, -0.05) is 11.6 Å². The van der Waals surface area contributed by atoms with E-state index in [0.29, 0.717) is 21.6 Å². The van der Waals surface area contributed by atoms with Crippen molar-refractivity contribution in [3.8, 4) is 0 Å². The molecule has 0 radical (unpaired) electrons. The van der Waals surface area contributed by atoms with Crippen molar-refractivity contribution >= 4 is 40.1 Å². The van der Waals surface area contributed by atoms with Gasteiger partial charge < -0.3 is 10.4 Å². The molecule has 2 rings (SSSR count). The molecule has 5 nitrogen and oxygen atoms in total. The van der Waals surface area contributed by atoms with Gasteiger partial charge in [0.25, 0.3) is 0 Å². The Labute approximate surface area is 113 Å². The summed E-state index contributed by atoms with van der Waals surface area (Å²) < 4.78 is 0. The molecule has 0 aliphatic rings. The number of hydrogen-bond acceptors (Lipinski definition) is 3. The van der Waals surface area contributed by atoms with Crippen LogP contribution in [0.2, 0.25) is 5.02 Å². The molecule has 0 unspecified atom stereocenters. The number of nitrogens with zero attached hydrogens (tertiary/aromatic N) is 1. The zero-order valence-electron chi connectivity index (χ0n) is 9.63. The Morgan fingerprint density at radius 3 is 2.79 bits per heavy atom. The van der Waals surface area contributed by atoms with Gasteiger partial charge in [0.1, 0.15) is 0 Å². The molecule has 0 saturated carbocycles. The Hall–Kier alpha value is -2.40. The highest BCUT2D eigenvalue weighted by Gasteiger charge is 2.07. The minimum Gasteiger partial charge on any atom is -0.478 e. The summed E-state index contributed by atoms with van der Waals surface area (Å²) in [5, 5.41) is 12.2. The van der Waals surface area contributed by atoms with Crippen molar-refractivity contribution in [2.45, 2.75) is 0 Å². The zero-order valence-corrected chi connectivity index (χ0v) is 10.4. The summed E-state index contributed by atoms with van der Waals surface area (Å²) in [6.45, 7) is 0. The molecule has 0 spiro atoms. The van der Waals surface area contributed by atoms with Gasteiger partial charge in [-0.25, -0.2) is 4.79 Å². The van der Waals surface area contributed by atoms with Crippen LogP contribution in [0.1, 0.15) is 0 Å². The molecule has 1 aromatic heterocycles. The number of amides is 1. The Morgan fingerprint density at radius 2 is 2.05 bits per heavy atom. The van der Waals surface area contributed by atoms with Crippen molar-refractivity contribution in [2.24, 2.45) is 0 Å². The molecule has 1 heterocycles. The van der Waals surface area contributed by atoms with Crippen molar-refractivity contribution in [1.29, 1.82) is 0 Å². The van der Waals surface area contributed by atoms with Crippen molar-refractivity contribution in [2.75, 3.05) is 5.32 Å². The first kappa shape index (κ1) is 13.0. The third-order valence-electron chi connectivity index (χ3n) is 2.36. The molecule has 2 N–H and O–H groups in total. The second-order valence-corrected chi connectivity index (χ2v) is 4.06. The summed E-state index contributed by atoms with van der Waals surface area (Å²) in [7, 11) is 0. The van der Waals surface area contributed by atoms with Crippen LogP contribution in [-0.2, 0) is 9.59 Å². The predicted molar refractivity (Wildman–Crippen MR) is 72.2 cm³/mol. The number of carbonyl (C=O) groups excluding carboxylic acids is 1. The van der Waals surface area contributed by atoms with E-state index in [-0.39, 0.29) is 0 Å². The fourth-order valence-electron chi connectivity index (χ4n) is 1.57. The Kier molecular flexibility index (Phi) is 3.77. The van der Waals surface area contributed by atoms with Gasteiger partial charge >= 0.3 is 5.97 Å². The van der Waals surface area contributed by atoms with Crippen LogP contribution in [-0.4, -0.2) is 22.0 Å². The molecule has 0 fully saturated rings. The van der Waals surface area contributed by atoms with Crippen LogP contribution in [0.15, 0.2) is 42.6 Å². The number of hydrogen-bond donors (Lipinski definition) is 2. The smallest absolute Gasteiger partial charge is 0.328 e. The summed E-state index contributed by atoms with van der Waals surface area (Å²) in [6, 6.07) is 6.75. The molecular weight excluding hydrogens is 268 g/mol. The number of pyridine rings is 1. The summed E-state index contributed by atoms with van der Waals surface area (Å²) in [5.74, 6) is -1.72. The number of carboxylic acids is 1. The van der Waals surface area contributed by atoms with Gasteiger partial charge in [-0.05, 0) is 24.3 Å². The van der Waals surface area contributed by atoms with Crippen molar-refractivity contribution < 1.29 is 14.7 Å². The van der Waals surface area contributed by atoms with E-state index >= 15 is 0 Å². The Morgan fingerprint density at radius 1 is 1.26 bits per heavy atom. The standard InChI is InChI=1S/C13H9ClN2O3/c14-9-3-4-10(8-2-1-7-15-13(8)9)16-11(17)5-6-12(18)19/h1-7H,(H,16,17)(H,18,19)/b6-5+. The first-order chi connectivity index (χ1) is 9.08. The maximum Gasteiger partial charge on any atom is 0.328 e. The SMILES string of the molecule is O=C(O)/C=C/C(=O)Nc1ccc(Cl)c2ncccc12. The predicted octanol–water partition coefficient (Wildman–Crippen LogP) is 2.47. The highest BCUT2D eigenvalue weighted by Crippen LogP contribution is 2.27. The summed E-state index contributed by atoms with van der Waals surface area (Å²) >= 11 is 6.00. The Bertz CT molecular complexity index is 683. The van der Waals surface area contributed by atoms with E-state index in [9.17, 15) is 9.59 Å². The summed E-state index contributed by atoms with van der Waals surface area (Å²) in [6.07, 6.45) is 3.31. The van der Waals surface area contributed by atoms with Gasteiger partial charge in [-0.3, -0.25) is 9.78 Å². The first-order valence-corrected chi connectivity index (χ1v) is 5.71. The number of carboxylic acid groups (broad SMARTS) is 1. The van der Waals surface area contributed by atoms with Crippen molar-refractivity contribution in [3.63, 3.8) is 0 Å². The van der Waals surface area contributed by atoms with Gasteiger partial charge in [-0.15, -0.1) is 0 Å². The average molecular weight is 277 g/mol. The molecule has 0 aliphatic carbocycles. The summed E-state index contributed by atoms with van der Waals surface area (Å²) in [5.41, 5.74) is 1.09. The van der Waals surface area contributed by atoms with Crippen molar-refractivity contribution in [1.82, 2.24) is 4.98 Å². The molecule has 0 bridgehead atoms. The third kappa shape index (κ3) is 3.08. The average Bonchev–Trinajstić information content (AvgIpc) is 2.40. The molecular formula is C13H9ClN2O3. The fraction of sp³-hybridized carbons (Fsp3) is 0. The second-order valence-electron chi connectivity index (χ2n) is 3.66. The highest BCUT2D eigenvalue weighted by atomic mass is 35.5.